The van der Waals surface area contributed by atoms with E-state index in [1.165, 1.54) is 12.8 Å². The van der Waals surface area contributed by atoms with Crippen molar-refractivity contribution in [1.29, 1.82) is 0 Å². The molecule has 0 saturated carbocycles. The fourth-order valence-corrected chi connectivity index (χ4v) is 2.88. The van der Waals surface area contributed by atoms with E-state index in [0.717, 1.165) is 25.2 Å². The van der Waals surface area contributed by atoms with Gasteiger partial charge >= 0.3 is 0 Å². The van der Waals surface area contributed by atoms with Crippen molar-refractivity contribution in [2.45, 2.75) is 33.2 Å². The Morgan fingerprint density at radius 2 is 2.16 bits per heavy atom. The number of benzene rings is 1. The standard InChI is InChI=1S/C15H23N3O/c1-15(2)8-5-9-18(11-15)10-12-6-3-4-7-13(12)14(19)17-16/h3-4,6-7H,5,8-11,16H2,1-2H3,(H,17,19). The van der Waals surface area contributed by atoms with Crippen LogP contribution in [0.3, 0.4) is 0 Å². The van der Waals surface area contributed by atoms with Crippen molar-refractivity contribution in [1.82, 2.24) is 10.3 Å². The molecule has 0 bridgehead atoms. The third kappa shape index (κ3) is 3.55. The zero-order valence-electron chi connectivity index (χ0n) is 11.8. The second kappa shape index (κ2) is 5.72. The van der Waals surface area contributed by atoms with E-state index in [1.54, 1.807) is 0 Å². The SMILES string of the molecule is CC1(C)CCCN(Cc2ccccc2C(=O)NN)C1. The predicted octanol–water partition coefficient (Wildman–Crippen LogP) is 1.91. The van der Waals surface area contributed by atoms with E-state index < -0.39 is 0 Å². The Morgan fingerprint density at radius 3 is 2.84 bits per heavy atom. The van der Waals surface area contributed by atoms with Gasteiger partial charge in [0.1, 0.15) is 0 Å². The molecule has 0 unspecified atom stereocenters. The molecule has 2 rings (SSSR count). The number of nitrogens with one attached hydrogen (secondary N) is 1. The van der Waals surface area contributed by atoms with E-state index >= 15 is 0 Å². The van der Waals surface area contributed by atoms with Crippen molar-refractivity contribution in [2.24, 2.45) is 11.3 Å². The summed E-state index contributed by atoms with van der Waals surface area (Å²) in [5.41, 5.74) is 4.30. The first-order valence-electron chi connectivity index (χ1n) is 6.83. The molecular weight excluding hydrogens is 238 g/mol. The topological polar surface area (TPSA) is 58.4 Å². The number of hydrogen-bond acceptors (Lipinski definition) is 3. The molecule has 1 saturated heterocycles. The van der Waals surface area contributed by atoms with Crippen LogP contribution < -0.4 is 11.3 Å². The molecule has 0 atom stereocenters. The van der Waals surface area contributed by atoms with Gasteiger partial charge in [-0.1, -0.05) is 32.0 Å². The first kappa shape index (κ1) is 14.0. The number of nitrogens with two attached hydrogens (primary N) is 1. The van der Waals surface area contributed by atoms with Crippen LogP contribution in [0.1, 0.15) is 42.6 Å². The highest BCUT2D eigenvalue weighted by atomic mass is 16.2. The van der Waals surface area contributed by atoms with Crippen LogP contribution in [0.4, 0.5) is 0 Å². The molecule has 0 radical (unpaired) electrons. The lowest BCUT2D eigenvalue weighted by atomic mass is 9.84. The predicted molar refractivity (Wildman–Crippen MR) is 76.4 cm³/mol. The lowest BCUT2D eigenvalue weighted by Gasteiger charge is -2.38. The molecule has 1 aromatic carbocycles. The molecule has 1 aromatic rings. The normalized spacial score (nSPS) is 19.1. The summed E-state index contributed by atoms with van der Waals surface area (Å²) < 4.78 is 0. The molecule has 1 fully saturated rings. The summed E-state index contributed by atoms with van der Waals surface area (Å²) in [5.74, 6) is 5.02. The first-order chi connectivity index (χ1) is 9.02. The zero-order valence-corrected chi connectivity index (χ0v) is 11.8. The number of carbonyl (C=O) groups is 1. The van der Waals surface area contributed by atoms with Crippen LogP contribution in [-0.4, -0.2) is 23.9 Å². The second-order valence-electron chi connectivity index (χ2n) is 6.11. The molecule has 4 nitrogen and oxygen atoms in total. The first-order valence-corrected chi connectivity index (χ1v) is 6.83. The number of amides is 1. The molecular formula is C15H23N3O. The number of hydrazine groups is 1. The molecule has 1 amide bonds. The lowest BCUT2D eigenvalue weighted by molar-refractivity contribution is 0.0945. The average molecular weight is 261 g/mol. The number of hydrogen-bond donors (Lipinski definition) is 2. The van der Waals surface area contributed by atoms with Gasteiger partial charge in [0, 0.05) is 18.7 Å². The minimum Gasteiger partial charge on any atom is -0.299 e. The lowest BCUT2D eigenvalue weighted by Crippen LogP contribution is -2.40. The van der Waals surface area contributed by atoms with Crippen LogP contribution in [0.15, 0.2) is 24.3 Å². The average Bonchev–Trinajstić information content (AvgIpc) is 2.37. The Balaban J connectivity index is 2.13. The quantitative estimate of drug-likeness (QED) is 0.496. The van der Waals surface area contributed by atoms with E-state index in [9.17, 15) is 4.79 Å². The van der Waals surface area contributed by atoms with Gasteiger partial charge in [-0.05, 0) is 36.4 Å². The second-order valence-corrected chi connectivity index (χ2v) is 6.11. The van der Waals surface area contributed by atoms with Gasteiger partial charge in [-0.3, -0.25) is 15.1 Å². The van der Waals surface area contributed by atoms with Crippen molar-refractivity contribution >= 4 is 5.91 Å². The molecule has 1 heterocycles. The smallest absolute Gasteiger partial charge is 0.265 e. The third-order valence-corrected chi connectivity index (χ3v) is 3.77. The number of nitrogen functional groups attached to an aromatic ring is 1. The Hall–Kier alpha value is -1.39. The van der Waals surface area contributed by atoms with Crippen molar-refractivity contribution < 1.29 is 4.79 Å². The van der Waals surface area contributed by atoms with Gasteiger partial charge in [-0.15, -0.1) is 0 Å². The van der Waals surface area contributed by atoms with E-state index in [1.807, 2.05) is 24.3 Å². The molecule has 1 aliphatic heterocycles. The zero-order chi connectivity index (χ0) is 13.9. The Kier molecular flexibility index (Phi) is 4.22. The number of likely N-dealkylation sites (tertiary alicyclic amines) is 1. The summed E-state index contributed by atoms with van der Waals surface area (Å²) in [5, 5.41) is 0. The summed E-state index contributed by atoms with van der Waals surface area (Å²) in [4.78, 5) is 14.2. The fourth-order valence-electron chi connectivity index (χ4n) is 2.88. The molecule has 0 aromatic heterocycles. The third-order valence-electron chi connectivity index (χ3n) is 3.77. The van der Waals surface area contributed by atoms with Gasteiger partial charge in [-0.25, -0.2) is 5.84 Å². The van der Waals surface area contributed by atoms with Gasteiger partial charge in [-0.2, -0.15) is 0 Å². The highest BCUT2D eigenvalue weighted by Gasteiger charge is 2.26. The van der Waals surface area contributed by atoms with Crippen LogP contribution in [0, 0.1) is 5.41 Å². The maximum atomic E-state index is 11.7. The largest absolute Gasteiger partial charge is 0.299 e. The van der Waals surface area contributed by atoms with Crippen molar-refractivity contribution in [3.05, 3.63) is 35.4 Å². The van der Waals surface area contributed by atoms with Gasteiger partial charge in [0.05, 0.1) is 0 Å². The number of carbonyl (C=O) groups excluding carboxylic acids is 1. The Morgan fingerprint density at radius 1 is 1.42 bits per heavy atom. The number of piperidine rings is 1. The van der Waals surface area contributed by atoms with Crippen molar-refractivity contribution in [3.63, 3.8) is 0 Å². The van der Waals surface area contributed by atoms with E-state index in [0.29, 0.717) is 11.0 Å². The molecule has 104 valence electrons. The molecule has 0 spiro atoms. The van der Waals surface area contributed by atoms with Gasteiger partial charge in [0.25, 0.3) is 5.91 Å². The summed E-state index contributed by atoms with van der Waals surface area (Å²) in [6, 6.07) is 7.67. The Bertz CT molecular complexity index is 456. The summed E-state index contributed by atoms with van der Waals surface area (Å²) in [6.45, 7) is 7.59. The molecule has 19 heavy (non-hydrogen) atoms. The van der Waals surface area contributed by atoms with Crippen molar-refractivity contribution in [2.75, 3.05) is 13.1 Å². The molecule has 4 heteroatoms. The van der Waals surface area contributed by atoms with E-state index in [4.69, 9.17) is 5.84 Å². The van der Waals surface area contributed by atoms with Crippen molar-refractivity contribution in [3.8, 4) is 0 Å². The molecule has 1 aliphatic rings. The van der Waals surface area contributed by atoms with E-state index in [2.05, 4.69) is 24.2 Å². The van der Waals surface area contributed by atoms with E-state index in [-0.39, 0.29) is 5.91 Å². The maximum absolute atomic E-state index is 11.7. The minimum atomic E-state index is -0.216. The molecule has 3 N–H and O–H groups in total. The van der Waals surface area contributed by atoms with Crippen LogP contribution in [0.25, 0.3) is 0 Å². The number of nitrogens with zero attached hydrogens (tertiary/aromatic N) is 1. The van der Waals surface area contributed by atoms with Gasteiger partial charge in [0.15, 0.2) is 0 Å². The summed E-state index contributed by atoms with van der Waals surface area (Å²) in [7, 11) is 0. The van der Waals surface area contributed by atoms with Gasteiger partial charge < -0.3 is 0 Å². The Labute approximate surface area is 114 Å². The van der Waals surface area contributed by atoms with Crippen LogP contribution >= 0.6 is 0 Å². The summed E-state index contributed by atoms with van der Waals surface area (Å²) in [6.07, 6.45) is 2.49. The summed E-state index contributed by atoms with van der Waals surface area (Å²) >= 11 is 0. The monoisotopic (exact) mass is 261 g/mol. The molecule has 0 aliphatic carbocycles. The fraction of sp³-hybridized carbons (Fsp3) is 0.533. The van der Waals surface area contributed by atoms with Crippen LogP contribution in [0.2, 0.25) is 0 Å². The minimum absolute atomic E-state index is 0.216. The van der Waals surface area contributed by atoms with Crippen LogP contribution in [0.5, 0.6) is 0 Å². The highest BCUT2D eigenvalue weighted by Crippen LogP contribution is 2.29. The van der Waals surface area contributed by atoms with Gasteiger partial charge in [0.2, 0.25) is 0 Å². The van der Waals surface area contributed by atoms with Crippen LogP contribution in [-0.2, 0) is 6.54 Å². The number of rotatable bonds is 3. The maximum Gasteiger partial charge on any atom is 0.265 e. The highest BCUT2D eigenvalue weighted by molar-refractivity contribution is 5.95.